The van der Waals surface area contributed by atoms with Crippen LogP contribution in [0.3, 0.4) is 0 Å². The Morgan fingerprint density at radius 3 is 2.70 bits per heavy atom. The van der Waals surface area contributed by atoms with E-state index in [2.05, 4.69) is 10.2 Å². The van der Waals surface area contributed by atoms with Crippen molar-refractivity contribution in [1.29, 1.82) is 0 Å². The molecule has 2 aliphatic rings. The van der Waals surface area contributed by atoms with Crippen LogP contribution in [-0.4, -0.2) is 72.3 Å². The van der Waals surface area contributed by atoms with E-state index >= 15 is 0 Å². The number of fused-ring (bicyclic) bond motifs is 1. The molecule has 33 heavy (non-hydrogen) atoms. The largest absolute Gasteiger partial charge is 0.495 e. The number of morpholine rings is 1. The number of sulfonamides is 1. The smallest absolute Gasteiger partial charge is 0.268 e. The third-order valence-corrected chi connectivity index (χ3v) is 7.94. The fourth-order valence-electron chi connectivity index (χ4n) is 4.32. The van der Waals surface area contributed by atoms with E-state index in [0.717, 1.165) is 57.7 Å². The molecule has 2 aromatic rings. The van der Waals surface area contributed by atoms with Crippen LogP contribution in [0.25, 0.3) is 0 Å². The van der Waals surface area contributed by atoms with Crippen molar-refractivity contribution in [3.05, 3.63) is 53.6 Å². The molecule has 0 bridgehead atoms. The molecule has 0 radical (unpaired) electrons. The van der Waals surface area contributed by atoms with Crippen molar-refractivity contribution < 1.29 is 22.7 Å². The van der Waals surface area contributed by atoms with Crippen LogP contribution in [0.15, 0.2) is 47.4 Å². The van der Waals surface area contributed by atoms with E-state index in [-0.39, 0.29) is 16.6 Å². The summed E-state index contributed by atoms with van der Waals surface area (Å²) >= 11 is 0. The number of rotatable bonds is 8. The Balaban J connectivity index is 1.49. The monoisotopic (exact) mass is 473 g/mol. The molecule has 0 aliphatic carbocycles. The lowest BCUT2D eigenvalue weighted by molar-refractivity contribution is 0.0374. The van der Waals surface area contributed by atoms with E-state index < -0.39 is 10.0 Å². The number of ether oxygens (including phenoxy) is 2. The quantitative estimate of drug-likeness (QED) is 0.592. The van der Waals surface area contributed by atoms with Gasteiger partial charge >= 0.3 is 0 Å². The highest BCUT2D eigenvalue weighted by Crippen LogP contribution is 2.35. The van der Waals surface area contributed by atoms with Crippen molar-refractivity contribution in [3.63, 3.8) is 0 Å². The van der Waals surface area contributed by atoms with Crippen LogP contribution in [0.4, 0.5) is 5.69 Å². The van der Waals surface area contributed by atoms with Crippen molar-refractivity contribution in [1.82, 2.24) is 10.2 Å². The molecule has 0 aromatic heterocycles. The van der Waals surface area contributed by atoms with Gasteiger partial charge in [-0.05, 0) is 55.6 Å². The number of nitrogens with zero attached hydrogens (tertiary/aromatic N) is 2. The molecular formula is C24H31N3O5S. The second-order valence-corrected chi connectivity index (χ2v) is 10.1. The van der Waals surface area contributed by atoms with Gasteiger partial charge in [-0.2, -0.15) is 0 Å². The normalized spacial score (nSPS) is 16.8. The molecule has 0 unspecified atom stereocenters. The van der Waals surface area contributed by atoms with Gasteiger partial charge in [-0.25, -0.2) is 8.42 Å². The van der Waals surface area contributed by atoms with Crippen molar-refractivity contribution in [2.45, 2.75) is 24.2 Å². The molecule has 1 fully saturated rings. The van der Waals surface area contributed by atoms with Gasteiger partial charge in [-0.1, -0.05) is 18.2 Å². The molecule has 9 heteroatoms. The van der Waals surface area contributed by atoms with Gasteiger partial charge in [0.15, 0.2) is 0 Å². The minimum Gasteiger partial charge on any atom is -0.495 e. The van der Waals surface area contributed by atoms with Crippen LogP contribution >= 0.6 is 0 Å². The van der Waals surface area contributed by atoms with Gasteiger partial charge in [0.25, 0.3) is 15.9 Å². The first kappa shape index (κ1) is 23.5. The summed E-state index contributed by atoms with van der Waals surface area (Å²) in [6.07, 6.45) is 2.39. The minimum atomic E-state index is -3.90. The first-order valence-electron chi connectivity index (χ1n) is 11.4. The molecule has 178 valence electrons. The average molecular weight is 474 g/mol. The predicted octanol–water partition coefficient (Wildman–Crippen LogP) is 2.29. The molecule has 2 aromatic carbocycles. The number of benzene rings is 2. The minimum absolute atomic E-state index is 0.00247. The fraction of sp³-hybridized carbons (Fsp3) is 0.458. The SMILES string of the molecule is COc1ccc(C(=O)NCCCN2CCOCC2)cc1S(=O)(=O)N1CCCc2ccccc21. The van der Waals surface area contributed by atoms with Crippen molar-refractivity contribution in [2.75, 3.05) is 57.4 Å². The van der Waals surface area contributed by atoms with E-state index in [0.29, 0.717) is 24.3 Å². The summed E-state index contributed by atoms with van der Waals surface area (Å²) in [4.78, 5) is 15.1. The molecule has 0 saturated carbocycles. The van der Waals surface area contributed by atoms with E-state index in [9.17, 15) is 13.2 Å². The lowest BCUT2D eigenvalue weighted by atomic mass is 10.0. The molecule has 0 spiro atoms. The number of nitrogens with one attached hydrogen (secondary N) is 1. The number of aryl methyl sites for hydroxylation is 1. The van der Waals surface area contributed by atoms with Crippen LogP contribution in [0, 0.1) is 0 Å². The predicted molar refractivity (Wildman–Crippen MR) is 126 cm³/mol. The van der Waals surface area contributed by atoms with Crippen LogP contribution in [0.1, 0.15) is 28.8 Å². The lowest BCUT2D eigenvalue weighted by Gasteiger charge is -2.31. The topological polar surface area (TPSA) is 88.2 Å². The summed E-state index contributed by atoms with van der Waals surface area (Å²) in [5, 5.41) is 2.90. The second kappa shape index (κ2) is 10.5. The average Bonchev–Trinajstić information content (AvgIpc) is 2.86. The van der Waals surface area contributed by atoms with Gasteiger partial charge in [0, 0.05) is 31.7 Å². The zero-order chi connectivity index (χ0) is 23.3. The van der Waals surface area contributed by atoms with Gasteiger partial charge in [-0.3, -0.25) is 14.0 Å². The van der Waals surface area contributed by atoms with Gasteiger partial charge in [-0.15, -0.1) is 0 Å². The van der Waals surface area contributed by atoms with Crippen LogP contribution in [-0.2, 0) is 21.2 Å². The fourth-order valence-corrected chi connectivity index (χ4v) is 6.04. The maximum atomic E-state index is 13.6. The van der Waals surface area contributed by atoms with Crippen LogP contribution in [0.2, 0.25) is 0 Å². The molecule has 2 heterocycles. The molecular weight excluding hydrogens is 442 g/mol. The van der Waals surface area contributed by atoms with E-state index in [1.165, 1.54) is 17.5 Å². The first-order chi connectivity index (χ1) is 16.0. The maximum Gasteiger partial charge on any atom is 0.268 e. The highest BCUT2D eigenvalue weighted by atomic mass is 32.2. The van der Waals surface area contributed by atoms with Gasteiger partial charge in [0.2, 0.25) is 0 Å². The van der Waals surface area contributed by atoms with Gasteiger partial charge in [0.1, 0.15) is 10.6 Å². The summed E-state index contributed by atoms with van der Waals surface area (Å²) in [7, 11) is -2.47. The Kier molecular flexibility index (Phi) is 7.52. The second-order valence-electron chi connectivity index (χ2n) is 8.24. The molecule has 1 amide bonds. The summed E-state index contributed by atoms with van der Waals surface area (Å²) in [5.74, 6) is -0.0722. The first-order valence-corrected chi connectivity index (χ1v) is 12.8. The number of hydrogen-bond acceptors (Lipinski definition) is 6. The van der Waals surface area contributed by atoms with E-state index in [1.807, 2.05) is 24.3 Å². The molecule has 4 rings (SSSR count). The zero-order valence-electron chi connectivity index (χ0n) is 19.0. The highest BCUT2D eigenvalue weighted by Gasteiger charge is 2.32. The number of carbonyl (C=O) groups excluding carboxylic acids is 1. The maximum absolute atomic E-state index is 13.6. The van der Waals surface area contributed by atoms with Crippen molar-refractivity contribution >= 4 is 21.6 Å². The Hall–Kier alpha value is -2.62. The van der Waals surface area contributed by atoms with E-state index in [4.69, 9.17) is 9.47 Å². The number of amides is 1. The summed E-state index contributed by atoms with van der Waals surface area (Å²) < 4.78 is 39.4. The standard InChI is InChI=1S/C24H31N3O5S/c1-31-22-10-9-20(24(28)25-11-5-12-26-14-16-32-17-15-26)18-23(22)33(29,30)27-13-4-7-19-6-2-3-8-21(19)27/h2-3,6,8-10,18H,4-5,7,11-17H2,1H3,(H,25,28). The number of carbonyl (C=O) groups is 1. The Morgan fingerprint density at radius 2 is 1.91 bits per heavy atom. The molecule has 8 nitrogen and oxygen atoms in total. The number of hydrogen-bond donors (Lipinski definition) is 1. The van der Waals surface area contributed by atoms with E-state index in [1.54, 1.807) is 12.1 Å². The number of anilines is 1. The van der Waals surface area contributed by atoms with Gasteiger partial charge < -0.3 is 14.8 Å². The molecule has 1 saturated heterocycles. The summed E-state index contributed by atoms with van der Waals surface area (Å²) in [5.41, 5.74) is 1.98. The Morgan fingerprint density at radius 1 is 1.12 bits per heavy atom. The molecule has 2 aliphatic heterocycles. The zero-order valence-corrected chi connectivity index (χ0v) is 19.8. The molecule has 0 atom stereocenters. The third kappa shape index (κ3) is 5.31. The summed E-state index contributed by atoms with van der Waals surface area (Å²) in [6, 6.07) is 12.1. The number of para-hydroxylation sites is 1. The third-order valence-electron chi connectivity index (χ3n) is 6.10. The number of methoxy groups -OCH3 is 1. The lowest BCUT2D eigenvalue weighted by Crippen LogP contribution is -2.38. The van der Waals surface area contributed by atoms with Gasteiger partial charge in [0.05, 0.1) is 26.0 Å². The van der Waals surface area contributed by atoms with Crippen LogP contribution < -0.4 is 14.4 Å². The van der Waals surface area contributed by atoms with Crippen molar-refractivity contribution in [2.24, 2.45) is 0 Å². The van der Waals surface area contributed by atoms with Crippen molar-refractivity contribution in [3.8, 4) is 5.75 Å². The van der Waals surface area contributed by atoms with Crippen LogP contribution in [0.5, 0.6) is 5.75 Å². The summed E-state index contributed by atoms with van der Waals surface area (Å²) in [6.45, 7) is 5.11. The highest BCUT2D eigenvalue weighted by molar-refractivity contribution is 7.93. The molecule has 1 N–H and O–H groups in total. The Bertz CT molecular complexity index is 1080. The Labute approximate surface area is 195 Å².